The van der Waals surface area contributed by atoms with Gasteiger partial charge in [0.1, 0.15) is 11.6 Å². The molecular weight excluding hydrogens is 419 g/mol. The zero-order chi connectivity index (χ0) is 24.2. The van der Waals surface area contributed by atoms with Crippen LogP contribution in [-0.2, 0) is 16.0 Å². The SMILES string of the molecule is C=CCNC(=O)[C@H](CC)Oc1ccc2c(c1)[C@H](c1ccc(F)cc1)N(C(=O)C(C)(C)C)CC2. The number of amides is 2. The lowest BCUT2D eigenvalue weighted by Crippen LogP contribution is -2.45. The Kier molecular flexibility index (Phi) is 7.57. The molecule has 2 aromatic carbocycles. The lowest BCUT2D eigenvalue weighted by Gasteiger charge is -2.41. The van der Waals surface area contributed by atoms with Crippen LogP contribution in [0.5, 0.6) is 5.75 Å². The van der Waals surface area contributed by atoms with Crippen LogP contribution in [0.2, 0.25) is 0 Å². The van der Waals surface area contributed by atoms with Gasteiger partial charge in [0.2, 0.25) is 5.91 Å². The van der Waals surface area contributed by atoms with Crippen LogP contribution in [0.1, 0.15) is 56.8 Å². The van der Waals surface area contributed by atoms with E-state index in [2.05, 4.69) is 11.9 Å². The second-order valence-corrected chi connectivity index (χ2v) is 9.36. The molecule has 2 aromatic rings. The summed E-state index contributed by atoms with van der Waals surface area (Å²) in [7, 11) is 0. The Morgan fingerprint density at radius 2 is 1.94 bits per heavy atom. The van der Waals surface area contributed by atoms with Crippen LogP contribution in [-0.4, -0.2) is 35.9 Å². The first-order chi connectivity index (χ1) is 15.7. The molecule has 2 atom stereocenters. The number of nitrogens with one attached hydrogen (secondary N) is 1. The summed E-state index contributed by atoms with van der Waals surface area (Å²) in [6.07, 6.45) is 2.21. The van der Waals surface area contributed by atoms with Crippen molar-refractivity contribution in [3.63, 3.8) is 0 Å². The summed E-state index contributed by atoms with van der Waals surface area (Å²) in [5.41, 5.74) is 2.33. The van der Waals surface area contributed by atoms with Crippen molar-refractivity contribution in [1.82, 2.24) is 10.2 Å². The van der Waals surface area contributed by atoms with Crippen LogP contribution in [0.3, 0.4) is 0 Å². The molecule has 0 aliphatic carbocycles. The van der Waals surface area contributed by atoms with Crippen LogP contribution in [0.25, 0.3) is 0 Å². The molecule has 0 saturated carbocycles. The molecule has 2 amide bonds. The molecular formula is C27H33FN2O3. The summed E-state index contributed by atoms with van der Waals surface area (Å²) >= 11 is 0. The fourth-order valence-electron chi connectivity index (χ4n) is 4.09. The number of benzene rings is 2. The quantitative estimate of drug-likeness (QED) is 0.614. The molecule has 6 heteroatoms. The molecule has 33 heavy (non-hydrogen) atoms. The Hall–Kier alpha value is -3.15. The molecule has 5 nitrogen and oxygen atoms in total. The predicted molar refractivity (Wildman–Crippen MR) is 127 cm³/mol. The third-order valence-electron chi connectivity index (χ3n) is 5.80. The minimum atomic E-state index is -0.636. The van der Waals surface area contributed by atoms with Gasteiger partial charge in [0, 0.05) is 18.5 Å². The van der Waals surface area contributed by atoms with Gasteiger partial charge in [-0.15, -0.1) is 6.58 Å². The van der Waals surface area contributed by atoms with E-state index in [-0.39, 0.29) is 23.7 Å². The number of carbonyl (C=O) groups excluding carboxylic acids is 2. The number of hydrogen-bond donors (Lipinski definition) is 1. The van der Waals surface area contributed by atoms with Gasteiger partial charge < -0.3 is 15.0 Å². The van der Waals surface area contributed by atoms with Gasteiger partial charge in [0.15, 0.2) is 6.10 Å². The Morgan fingerprint density at radius 3 is 2.55 bits per heavy atom. The fraction of sp³-hybridized carbons (Fsp3) is 0.407. The molecule has 0 fully saturated rings. The van der Waals surface area contributed by atoms with Gasteiger partial charge in [-0.25, -0.2) is 4.39 Å². The minimum absolute atomic E-state index is 0.0315. The van der Waals surface area contributed by atoms with Crippen LogP contribution in [0, 0.1) is 11.2 Å². The third-order valence-corrected chi connectivity index (χ3v) is 5.80. The maximum atomic E-state index is 13.7. The number of halogens is 1. The summed E-state index contributed by atoms with van der Waals surface area (Å²) in [5.74, 6) is 0.0715. The van der Waals surface area contributed by atoms with Crippen molar-refractivity contribution in [2.75, 3.05) is 13.1 Å². The number of hydrogen-bond acceptors (Lipinski definition) is 3. The van der Waals surface area contributed by atoms with Crippen LogP contribution >= 0.6 is 0 Å². The van der Waals surface area contributed by atoms with Crippen molar-refractivity contribution in [2.45, 2.75) is 52.7 Å². The van der Waals surface area contributed by atoms with Gasteiger partial charge in [-0.1, -0.05) is 52.0 Å². The number of rotatable bonds is 7. The Bertz CT molecular complexity index is 1010. The number of fused-ring (bicyclic) bond motifs is 1. The van der Waals surface area contributed by atoms with Crippen molar-refractivity contribution in [3.05, 3.63) is 77.6 Å². The topological polar surface area (TPSA) is 58.6 Å². The van der Waals surface area contributed by atoms with E-state index in [4.69, 9.17) is 4.74 Å². The second-order valence-electron chi connectivity index (χ2n) is 9.36. The molecule has 1 heterocycles. The fourth-order valence-corrected chi connectivity index (χ4v) is 4.09. The molecule has 1 aliphatic heterocycles. The zero-order valence-electron chi connectivity index (χ0n) is 19.9. The van der Waals surface area contributed by atoms with E-state index in [1.807, 2.05) is 50.8 Å². The first-order valence-electron chi connectivity index (χ1n) is 11.4. The van der Waals surface area contributed by atoms with Crippen molar-refractivity contribution in [2.24, 2.45) is 5.41 Å². The highest BCUT2D eigenvalue weighted by Gasteiger charge is 2.37. The number of ether oxygens (including phenoxy) is 1. The average Bonchev–Trinajstić information content (AvgIpc) is 2.79. The first-order valence-corrected chi connectivity index (χ1v) is 11.4. The molecule has 176 valence electrons. The Balaban J connectivity index is 2.00. The maximum Gasteiger partial charge on any atom is 0.261 e. The lowest BCUT2D eigenvalue weighted by molar-refractivity contribution is -0.141. The second kappa shape index (κ2) is 10.2. The Labute approximate surface area is 195 Å². The molecule has 1 N–H and O–H groups in total. The van der Waals surface area contributed by atoms with E-state index in [1.165, 1.54) is 12.1 Å². The molecule has 3 rings (SSSR count). The van der Waals surface area contributed by atoms with E-state index in [0.29, 0.717) is 31.7 Å². The summed E-state index contributed by atoms with van der Waals surface area (Å²) in [6, 6.07) is 11.7. The molecule has 0 saturated heterocycles. The normalized spacial score (nSPS) is 16.5. The van der Waals surface area contributed by atoms with Gasteiger partial charge in [-0.2, -0.15) is 0 Å². The van der Waals surface area contributed by atoms with E-state index in [1.54, 1.807) is 18.2 Å². The van der Waals surface area contributed by atoms with Gasteiger partial charge in [-0.05, 0) is 53.8 Å². The van der Waals surface area contributed by atoms with Crippen molar-refractivity contribution in [1.29, 1.82) is 0 Å². The monoisotopic (exact) mass is 452 g/mol. The Morgan fingerprint density at radius 1 is 1.24 bits per heavy atom. The highest BCUT2D eigenvalue weighted by molar-refractivity contribution is 5.83. The summed E-state index contributed by atoms with van der Waals surface area (Å²) in [6.45, 7) is 12.2. The highest BCUT2D eigenvalue weighted by atomic mass is 19.1. The molecule has 0 bridgehead atoms. The van der Waals surface area contributed by atoms with Crippen molar-refractivity contribution >= 4 is 11.8 Å². The van der Waals surface area contributed by atoms with Gasteiger partial charge in [0.25, 0.3) is 5.91 Å². The van der Waals surface area contributed by atoms with E-state index in [9.17, 15) is 14.0 Å². The average molecular weight is 453 g/mol. The third kappa shape index (κ3) is 5.62. The summed E-state index contributed by atoms with van der Waals surface area (Å²) in [4.78, 5) is 27.6. The van der Waals surface area contributed by atoms with Gasteiger partial charge >= 0.3 is 0 Å². The summed E-state index contributed by atoms with van der Waals surface area (Å²) in [5, 5.41) is 2.77. The van der Waals surface area contributed by atoms with Gasteiger partial charge in [0.05, 0.1) is 6.04 Å². The zero-order valence-corrected chi connectivity index (χ0v) is 19.9. The first kappa shape index (κ1) is 24.5. The van der Waals surface area contributed by atoms with E-state index in [0.717, 1.165) is 16.7 Å². The lowest BCUT2D eigenvalue weighted by atomic mass is 9.85. The van der Waals surface area contributed by atoms with Gasteiger partial charge in [-0.3, -0.25) is 9.59 Å². The standard InChI is InChI=1S/C27H33FN2O3/c1-6-15-29-25(31)23(7-2)33-21-13-10-18-14-16-30(26(32)27(3,4)5)24(22(18)17-21)19-8-11-20(28)12-9-19/h6,8-13,17,23-24H,1,7,14-16H2,2-5H3,(H,29,31)/t23-,24-/m0/s1. The molecule has 0 spiro atoms. The van der Waals surface area contributed by atoms with Crippen LogP contribution in [0.15, 0.2) is 55.1 Å². The number of carbonyl (C=O) groups is 2. The highest BCUT2D eigenvalue weighted by Crippen LogP contribution is 2.39. The minimum Gasteiger partial charge on any atom is -0.481 e. The van der Waals surface area contributed by atoms with Crippen molar-refractivity contribution in [3.8, 4) is 5.75 Å². The predicted octanol–water partition coefficient (Wildman–Crippen LogP) is 4.81. The largest absolute Gasteiger partial charge is 0.481 e. The maximum absolute atomic E-state index is 13.7. The number of nitrogens with zero attached hydrogens (tertiary/aromatic N) is 1. The smallest absolute Gasteiger partial charge is 0.261 e. The molecule has 1 aliphatic rings. The van der Waals surface area contributed by atoms with Crippen molar-refractivity contribution < 1.29 is 18.7 Å². The molecule has 0 radical (unpaired) electrons. The molecule has 0 unspecified atom stereocenters. The molecule has 0 aromatic heterocycles. The van der Waals surface area contributed by atoms with Crippen LogP contribution in [0.4, 0.5) is 4.39 Å². The summed E-state index contributed by atoms with van der Waals surface area (Å²) < 4.78 is 19.7. The van der Waals surface area contributed by atoms with E-state index < -0.39 is 11.5 Å². The van der Waals surface area contributed by atoms with E-state index >= 15 is 0 Å². The van der Waals surface area contributed by atoms with Crippen LogP contribution < -0.4 is 10.1 Å².